The maximum absolute atomic E-state index is 13.0. The molecule has 2 N–H and O–H groups in total. The molecule has 0 unspecified atom stereocenters. The van der Waals surface area contributed by atoms with Gasteiger partial charge in [0.15, 0.2) is 0 Å². The molecule has 0 aliphatic heterocycles. The molecular weight excluding hydrogens is 257 g/mol. The summed E-state index contributed by atoms with van der Waals surface area (Å²) in [6, 6.07) is 6.04. The Kier molecular flexibility index (Phi) is 4.90. The number of rotatable bonds is 4. The fraction of sp³-hybridized carbons (Fsp3) is 0.438. The van der Waals surface area contributed by atoms with Gasteiger partial charge in [-0.1, -0.05) is 31.4 Å². The first-order chi connectivity index (χ1) is 9.57. The minimum Gasteiger partial charge on any atom is -0.388 e. The third-order valence-electron chi connectivity index (χ3n) is 3.65. The van der Waals surface area contributed by atoms with Crippen LogP contribution in [0.15, 0.2) is 30.3 Å². The molecule has 0 radical (unpaired) electrons. The van der Waals surface area contributed by atoms with Crippen LogP contribution >= 0.6 is 0 Å². The Balaban J connectivity index is 1.83. The molecule has 0 atom stereocenters. The van der Waals surface area contributed by atoms with Gasteiger partial charge in [0.2, 0.25) is 5.91 Å². The minimum atomic E-state index is -0.763. The highest BCUT2D eigenvalue weighted by atomic mass is 19.1. The molecule has 1 aromatic rings. The van der Waals surface area contributed by atoms with E-state index in [1.54, 1.807) is 18.2 Å². The highest BCUT2D eigenvalue weighted by Crippen LogP contribution is 2.27. The van der Waals surface area contributed by atoms with E-state index in [0.29, 0.717) is 5.56 Å². The van der Waals surface area contributed by atoms with Crippen LogP contribution in [0.3, 0.4) is 0 Å². The van der Waals surface area contributed by atoms with Crippen LogP contribution in [0, 0.1) is 5.82 Å². The Morgan fingerprint density at radius 3 is 2.80 bits per heavy atom. The van der Waals surface area contributed by atoms with E-state index >= 15 is 0 Å². The molecule has 0 spiro atoms. The second-order valence-corrected chi connectivity index (χ2v) is 5.39. The maximum Gasteiger partial charge on any atom is 0.244 e. The topological polar surface area (TPSA) is 49.3 Å². The number of amides is 1. The van der Waals surface area contributed by atoms with Crippen LogP contribution in [-0.2, 0) is 4.79 Å². The van der Waals surface area contributed by atoms with Crippen molar-refractivity contribution in [2.45, 2.75) is 37.7 Å². The fourth-order valence-corrected chi connectivity index (χ4v) is 2.48. The van der Waals surface area contributed by atoms with E-state index in [4.69, 9.17) is 0 Å². The van der Waals surface area contributed by atoms with Crippen LogP contribution in [0.25, 0.3) is 6.08 Å². The SMILES string of the molecule is O=C(C=Cc1cccc(F)c1)NCC1(O)CCCCC1. The van der Waals surface area contributed by atoms with Crippen molar-refractivity contribution in [3.63, 3.8) is 0 Å². The molecule has 4 heteroatoms. The van der Waals surface area contributed by atoms with E-state index in [1.165, 1.54) is 18.2 Å². The molecule has 2 rings (SSSR count). The Labute approximate surface area is 118 Å². The summed E-state index contributed by atoms with van der Waals surface area (Å²) in [4.78, 5) is 11.7. The highest BCUT2D eigenvalue weighted by Gasteiger charge is 2.29. The van der Waals surface area contributed by atoms with Gasteiger partial charge >= 0.3 is 0 Å². The van der Waals surface area contributed by atoms with Gasteiger partial charge in [-0.3, -0.25) is 4.79 Å². The van der Waals surface area contributed by atoms with Crippen LogP contribution in [0.4, 0.5) is 4.39 Å². The largest absolute Gasteiger partial charge is 0.388 e. The van der Waals surface area contributed by atoms with E-state index < -0.39 is 5.60 Å². The number of hydrogen-bond acceptors (Lipinski definition) is 2. The van der Waals surface area contributed by atoms with Gasteiger partial charge in [0.05, 0.1) is 5.60 Å². The number of halogens is 1. The van der Waals surface area contributed by atoms with Crippen LogP contribution in [0.2, 0.25) is 0 Å². The van der Waals surface area contributed by atoms with E-state index in [-0.39, 0.29) is 18.3 Å². The number of benzene rings is 1. The lowest BCUT2D eigenvalue weighted by Crippen LogP contribution is -2.43. The Morgan fingerprint density at radius 1 is 1.35 bits per heavy atom. The molecule has 1 amide bonds. The summed E-state index contributed by atoms with van der Waals surface area (Å²) in [5.41, 5.74) is -0.128. The van der Waals surface area contributed by atoms with Crippen molar-refractivity contribution in [2.75, 3.05) is 6.54 Å². The van der Waals surface area contributed by atoms with Gasteiger partial charge in [-0.15, -0.1) is 0 Å². The quantitative estimate of drug-likeness (QED) is 0.831. The molecule has 0 saturated heterocycles. The molecule has 1 aliphatic rings. The van der Waals surface area contributed by atoms with Crippen LogP contribution in [-0.4, -0.2) is 23.2 Å². The molecule has 0 heterocycles. The first-order valence-electron chi connectivity index (χ1n) is 7.01. The molecule has 1 aliphatic carbocycles. The van der Waals surface area contributed by atoms with Crippen LogP contribution in [0.1, 0.15) is 37.7 Å². The summed E-state index contributed by atoms with van der Waals surface area (Å²) >= 11 is 0. The van der Waals surface area contributed by atoms with Gasteiger partial charge in [0.25, 0.3) is 0 Å². The summed E-state index contributed by atoms with van der Waals surface area (Å²) < 4.78 is 13.0. The summed E-state index contributed by atoms with van der Waals surface area (Å²) in [6.07, 6.45) is 7.55. The molecule has 3 nitrogen and oxygen atoms in total. The Morgan fingerprint density at radius 2 is 2.10 bits per heavy atom. The number of aliphatic hydroxyl groups is 1. The average Bonchev–Trinajstić information content (AvgIpc) is 2.44. The van der Waals surface area contributed by atoms with E-state index in [9.17, 15) is 14.3 Å². The summed E-state index contributed by atoms with van der Waals surface area (Å²) in [5.74, 6) is -0.600. The second-order valence-electron chi connectivity index (χ2n) is 5.39. The van der Waals surface area contributed by atoms with Crippen molar-refractivity contribution in [1.29, 1.82) is 0 Å². The van der Waals surface area contributed by atoms with Crippen LogP contribution < -0.4 is 5.32 Å². The third kappa shape index (κ3) is 4.46. The maximum atomic E-state index is 13.0. The summed E-state index contributed by atoms with van der Waals surface area (Å²) in [6.45, 7) is 0.277. The lowest BCUT2D eigenvalue weighted by molar-refractivity contribution is -0.118. The monoisotopic (exact) mass is 277 g/mol. The van der Waals surface area contributed by atoms with Crippen LogP contribution in [0.5, 0.6) is 0 Å². The van der Waals surface area contributed by atoms with E-state index in [2.05, 4.69) is 5.32 Å². The zero-order chi connectivity index (χ0) is 14.4. The van der Waals surface area contributed by atoms with Gasteiger partial charge < -0.3 is 10.4 Å². The Hall–Kier alpha value is -1.68. The number of nitrogens with one attached hydrogen (secondary N) is 1. The summed E-state index contributed by atoms with van der Waals surface area (Å²) in [5, 5.41) is 13.0. The fourth-order valence-electron chi connectivity index (χ4n) is 2.48. The van der Waals surface area contributed by atoms with Gasteiger partial charge in [-0.25, -0.2) is 4.39 Å². The molecule has 1 aromatic carbocycles. The summed E-state index contributed by atoms with van der Waals surface area (Å²) in [7, 11) is 0. The number of carbonyl (C=O) groups is 1. The lowest BCUT2D eigenvalue weighted by atomic mass is 9.85. The second kappa shape index (κ2) is 6.66. The third-order valence-corrected chi connectivity index (χ3v) is 3.65. The molecular formula is C16H20FNO2. The minimum absolute atomic E-state index is 0.270. The smallest absolute Gasteiger partial charge is 0.244 e. The first-order valence-corrected chi connectivity index (χ1v) is 7.01. The van der Waals surface area contributed by atoms with E-state index in [0.717, 1.165) is 32.1 Å². The van der Waals surface area contributed by atoms with Gasteiger partial charge in [0.1, 0.15) is 5.82 Å². The van der Waals surface area contributed by atoms with E-state index in [1.807, 2.05) is 0 Å². The van der Waals surface area contributed by atoms with Crippen molar-refractivity contribution in [3.8, 4) is 0 Å². The lowest BCUT2D eigenvalue weighted by Gasteiger charge is -2.31. The van der Waals surface area contributed by atoms with Crippen molar-refractivity contribution in [2.24, 2.45) is 0 Å². The predicted octanol–water partition coefficient (Wildman–Crippen LogP) is 2.65. The zero-order valence-corrected chi connectivity index (χ0v) is 11.4. The standard InChI is InChI=1S/C16H20FNO2/c17-14-6-4-5-13(11-14)7-8-15(19)18-12-16(20)9-2-1-3-10-16/h4-8,11,20H,1-3,9-10,12H2,(H,18,19). The molecule has 20 heavy (non-hydrogen) atoms. The highest BCUT2D eigenvalue weighted by molar-refractivity contribution is 5.91. The number of hydrogen-bond donors (Lipinski definition) is 2. The van der Waals surface area contributed by atoms with Gasteiger partial charge in [0, 0.05) is 12.6 Å². The molecule has 1 fully saturated rings. The van der Waals surface area contributed by atoms with Gasteiger partial charge in [-0.05, 0) is 36.6 Å². The zero-order valence-electron chi connectivity index (χ0n) is 11.4. The molecule has 1 saturated carbocycles. The van der Waals surface area contributed by atoms with Crippen molar-refractivity contribution < 1.29 is 14.3 Å². The predicted molar refractivity (Wildman–Crippen MR) is 76.5 cm³/mol. The van der Waals surface area contributed by atoms with Crippen molar-refractivity contribution in [1.82, 2.24) is 5.32 Å². The first kappa shape index (κ1) is 14.7. The van der Waals surface area contributed by atoms with Crippen molar-refractivity contribution in [3.05, 3.63) is 41.7 Å². The average molecular weight is 277 g/mol. The molecule has 0 bridgehead atoms. The number of carbonyl (C=O) groups excluding carboxylic acids is 1. The molecule has 108 valence electrons. The molecule has 0 aromatic heterocycles. The van der Waals surface area contributed by atoms with Crippen molar-refractivity contribution >= 4 is 12.0 Å². The Bertz CT molecular complexity index is 493. The normalized spacial score (nSPS) is 18.1. The van der Waals surface area contributed by atoms with Gasteiger partial charge in [-0.2, -0.15) is 0 Å².